The molecule has 0 aliphatic carbocycles. The van der Waals surface area contributed by atoms with Crippen molar-refractivity contribution in [2.45, 2.75) is 22.8 Å². The summed E-state index contributed by atoms with van der Waals surface area (Å²) in [5.41, 5.74) is 1.21. The van der Waals surface area contributed by atoms with Gasteiger partial charge in [0.2, 0.25) is 0 Å². The van der Waals surface area contributed by atoms with Crippen LogP contribution in [0.2, 0.25) is 0 Å². The lowest BCUT2D eigenvalue weighted by atomic mass is 10.1. The summed E-state index contributed by atoms with van der Waals surface area (Å²) < 4.78 is 14.3. The highest BCUT2D eigenvalue weighted by Gasteiger charge is 2.11. The van der Waals surface area contributed by atoms with E-state index in [1.807, 2.05) is 19.2 Å². The third kappa shape index (κ3) is 3.81. The van der Waals surface area contributed by atoms with Crippen molar-refractivity contribution in [3.05, 3.63) is 58.3 Å². The van der Waals surface area contributed by atoms with Crippen LogP contribution in [0.15, 0.2) is 56.7 Å². The predicted molar refractivity (Wildman–Crippen MR) is 82.1 cm³/mol. The van der Waals surface area contributed by atoms with Crippen LogP contribution in [0.3, 0.4) is 0 Å². The largest absolute Gasteiger partial charge is 0.313 e. The Kier molecular flexibility index (Phi) is 5.02. The lowest BCUT2D eigenvalue weighted by molar-refractivity contribution is 0.624. The predicted octanol–water partition coefficient (Wildman–Crippen LogP) is 5.02. The zero-order chi connectivity index (χ0) is 13.8. The van der Waals surface area contributed by atoms with Crippen LogP contribution in [0.5, 0.6) is 0 Å². The monoisotopic (exact) mass is 339 g/mol. The van der Waals surface area contributed by atoms with Crippen LogP contribution in [0.4, 0.5) is 4.39 Å². The molecule has 0 heterocycles. The number of hydrogen-bond donors (Lipinski definition) is 1. The Morgan fingerprint density at radius 2 is 2.00 bits per heavy atom. The summed E-state index contributed by atoms with van der Waals surface area (Å²) in [5, 5.41) is 3.24. The Morgan fingerprint density at radius 3 is 2.68 bits per heavy atom. The molecule has 0 aliphatic rings. The summed E-state index contributed by atoms with van der Waals surface area (Å²) >= 11 is 5.06. The zero-order valence-electron chi connectivity index (χ0n) is 10.8. The summed E-state index contributed by atoms with van der Waals surface area (Å²) in [6.07, 6.45) is 0. The number of rotatable bonds is 4. The van der Waals surface area contributed by atoms with Crippen molar-refractivity contribution < 1.29 is 4.39 Å². The molecule has 1 nitrogen and oxygen atoms in total. The normalized spacial score (nSPS) is 12.4. The van der Waals surface area contributed by atoms with Gasteiger partial charge in [0, 0.05) is 20.3 Å². The first kappa shape index (κ1) is 14.6. The van der Waals surface area contributed by atoms with Crippen molar-refractivity contribution in [3.8, 4) is 0 Å². The Labute approximate surface area is 125 Å². The fourth-order valence-corrected chi connectivity index (χ4v) is 3.40. The minimum absolute atomic E-state index is 0.205. The van der Waals surface area contributed by atoms with E-state index in [9.17, 15) is 4.39 Å². The van der Waals surface area contributed by atoms with Gasteiger partial charge in [0.15, 0.2) is 0 Å². The highest BCUT2D eigenvalue weighted by atomic mass is 79.9. The summed E-state index contributed by atoms with van der Waals surface area (Å²) in [6.45, 7) is 2.11. The van der Waals surface area contributed by atoms with Crippen LogP contribution in [-0.2, 0) is 0 Å². The van der Waals surface area contributed by atoms with E-state index in [4.69, 9.17) is 0 Å². The molecule has 0 aliphatic heterocycles. The van der Waals surface area contributed by atoms with E-state index < -0.39 is 0 Å². The van der Waals surface area contributed by atoms with Crippen LogP contribution in [0.25, 0.3) is 0 Å². The zero-order valence-corrected chi connectivity index (χ0v) is 13.2. The number of halogens is 2. The molecule has 2 aromatic carbocycles. The summed E-state index contributed by atoms with van der Waals surface area (Å²) in [4.78, 5) is 2.03. The third-order valence-electron chi connectivity index (χ3n) is 2.90. The molecule has 2 aromatic rings. The van der Waals surface area contributed by atoms with E-state index in [0.717, 1.165) is 14.3 Å². The summed E-state index contributed by atoms with van der Waals surface area (Å²) in [5.74, 6) is -0.205. The van der Waals surface area contributed by atoms with Gasteiger partial charge in [-0.25, -0.2) is 4.39 Å². The molecule has 0 amide bonds. The van der Waals surface area contributed by atoms with Crippen molar-refractivity contribution in [1.82, 2.24) is 5.32 Å². The maximum Gasteiger partial charge on any atom is 0.124 e. The van der Waals surface area contributed by atoms with Gasteiger partial charge in [-0.3, -0.25) is 0 Å². The first-order valence-corrected chi connectivity index (χ1v) is 7.61. The number of hydrogen-bond acceptors (Lipinski definition) is 2. The van der Waals surface area contributed by atoms with Crippen LogP contribution >= 0.6 is 27.7 Å². The van der Waals surface area contributed by atoms with Crippen LogP contribution in [0, 0.1) is 5.82 Å². The van der Waals surface area contributed by atoms with Crippen LogP contribution in [-0.4, -0.2) is 7.05 Å². The molecule has 1 N–H and O–H groups in total. The van der Waals surface area contributed by atoms with Crippen molar-refractivity contribution in [2.24, 2.45) is 0 Å². The van der Waals surface area contributed by atoms with E-state index in [-0.39, 0.29) is 11.9 Å². The van der Waals surface area contributed by atoms with Crippen LogP contribution < -0.4 is 5.32 Å². The molecule has 0 saturated heterocycles. The topological polar surface area (TPSA) is 12.0 Å². The van der Waals surface area contributed by atoms with E-state index in [2.05, 4.69) is 40.3 Å². The average molecular weight is 340 g/mol. The van der Waals surface area contributed by atoms with Crippen molar-refractivity contribution in [2.75, 3.05) is 7.05 Å². The molecule has 2 rings (SSSR count). The van der Waals surface area contributed by atoms with Crippen molar-refractivity contribution in [1.29, 1.82) is 0 Å². The molecule has 100 valence electrons. The maximum atomic E-state index is 13.2. The molecule has 0 bridgehead atoms. The summed E-state index contributed by atoms with van der Waals surface area (Å²) in [7, 11) is 1.93. The molecule has 1 atom stereocenters. The average Bonchev–Trinajstić information content (AvgIpc) is 2.38. The molecule has 0 saturated carbocycles. The second-order valence-electron chi connectivity index (χ2n) is 4.25. The van der Waals surface area contributed by atoms with Gasteiger partial charge >= 0.3 is 0 Å². The van der Waals surface area contributed by atoms with Gasteiger partial charge < -0.3 is 5.32 Å². The maximum absolute atomic E-state index is 13.2. The van der Waals surface area contributed by atoms with Gasteiger partial charge in [0.05, 0.1) is 0 Å². The third-order valence-corrected chi connectivity index (χ3v) is 4.46. The molecule has 0 radical (unpaired) electrons. The highest BCUT2D eigenvalue weighted by Crippen LogP contribution is 2.35. The van der Waals surface area contributed by atoms with Gasteiger partial charge in [0.1, 0.15) is 5.82 Å². The van der Waals surface area contributed by atoms with E-state index in [0.29, 0.717) is 0 Å². The molecule has 19 heavy (non-hydrogen) atoms. The molecular weight excluding hydrogens is 325 g/mol. The second-order valence-corrected chi connectivity index (χ2v) is 6.28. The SMILES string of the molecule is CNC(C)c1ccc(Br)cc1Sc1cccc(F)c1. The molecule has 0 fully saturated rings. The quantitative estimate of drug-likeness (QED) is 0.839. The fraction of sp³-hybridized carbons (Fsp3) is 0.200. The van der Waals surface area contributed by atoms with Crippen molar-refractivity contribution >= 4 is 27.7 Å². The van der Waals surface area contributed by atoms with Crippen molar-refractivity contribution in [3.63, 3.8) is 0 Å². The Hall–Kier alpha value is -0.840. The fourth-order valence-electron chi connectivity index (χ4n) is 1.77. The second kappa shape index (κ2) is 6.55. The summed E-state index contributed by atoms with van der Waals surface area (Å²) in [6, 6.07) is 13.1. The van der Waals surface area contributed by atoms with Gasteiger partial charge in [-0.15, -0.1) is 0 Å². The standard InChI is InChI=1S/C15H15BrFNS/c1-10(18-2)14-7-6-11(16)8-15(14)19-13-5-3-4-12(17)9-13/h3-10,18H,1-2H3. The molecule has 4 heteroatoms. The Balaban J connectivity index is 2.35. The Morgan fingerprint density at radius 1 is 1.21 bits per heavy atom. The van der Waals surface area contributed by atoms with Gasteiger partial charge in [-0.1, -0.05) is 39.8 Å². The van der Waals surface area contributed by atoms with E-state index in [1.54, 1.807) is 23.9 Å². The first-order valence-electron chi connectivity index (χ1n) is 6.00. The molecule has 1 unspecified atom stereocenters. The molecular formula is C15H15BrFNS. The Bertz CT molecular complexity index is 574. The van der Waals surface area contributed by atoms with Gasteiger partial charge in [-0.05, 0) is 49.9 Å². The first-order chi connectivity index (χ1) is 9.10. The smallest absolute Gasteiger partial charge is 0.124 e. The minimum Gasteiger partial charge on any atom is -0.313 e. The van der Waals surface area contributed by atoms with E-state index in [1.165, 1.54) is 11.6 Å². The lowest BCUT2D eigenvalue weighted by Crippen LogP contribution is -2.13. The molecule has 0 aromatic heterocycles. The van der Waals surface area contributed by atoms with Crippen LogP contribution in [0.1, 0.15) is 18.5 Å². The minimum atomic E-state index is -0.205. The van der Waals surface area contributed by atoms with Gasteiger partial charge in [-0.2, -0.15) is 0 Å². The van der Waals surface area contributed by atoms with Gasteiger partial charge in [0.25, 0.3) is 0 Å². The number of benzene rings is 2. The highest BCUT2D eigenvalue weighted by molar-refractivity contribution is 9.10. The lowest BCUT2D eigenvalue weighted by Gasteiger charge is -2.16. The molecule has 0 spiro atoms. The van der Waals surface area contributed by atoms with E-state index >= 15 is 0 Å². The number of nitrogens with one attached hydrogen (secondary N) is 1.